The molecule has 0 saturated carbocycles. The Morgan fingerprint density at radius 3 is 1.22 bits per heavy atom. The van der Waals surface area contributed by atoms with Gasteiger partial charge in [-0.1, -0.05) is 230 Å². The third-order valence-corrected chi connectivity index (χ3v) is 21.7. The number of para-hydroxylation sites is 2. The second-order valence-electron chi connectivity index (χ2n) is 26.0. The molecule has 22 aromatic rings. The number of rotatable bonds is 9. The molecule has 0 aliphatic rings. The maximum atomic E-state index is 10.1. The molecule has 9 nitrogen and oxygen atoms in total. The van der Waals surface area contributed by atoms with Crippen LogP contribution in [-0.4, -0.2) is 28.7 Å². The van der Waals surface area contributed by atoms with Crippen molar-refractivity contribution in [3.63, 3.8) is 0 Å². The first-order valence-electron chi connectivity index (χ1n) is 39.0. The van der Waals surface area contributed by atoms with Gasteiger partial charge in [-0.15, -0.1) is 11.3 Å². The van der Waals surface area contributed by atoms with Crippen LogP contribution >= 0.6 is 11.3 Å². The van der Waals surface area contributed by atoms with E-state index in [1.165, 1.54) is 0 Å². The summed E-state index contributed by atoms with van der Waals surface area (Å²) in [7, 11) is 0. The average molecular weight is 1350 g/mol. The van der Waals surface area contributed by atoms with Crippen LogP contribution in [0.15, 0.2) is 330 Å². The fraction of sp³-hybridized carbons (Fsp3) is 0. The van der Waals surface area contributed by atoms with E-state index in [4.69, 9.17) is 36.9 Å². The van der Waals surface area contributed by atoms with E-state index in [2.05, 4.69) is 171 Å². The van der Waals surface area contributed by atoms with Gasteiger partial charge < -0.3 is 22.5 Å². The number of fused-ring (bicyclic) bond motifs is 21. The number of hydrogen-bond acceptors (Lipinski definition) is 6. The quantitative estimate of drug-likeness (QED) is 0.134. The molecule has 0 amide bonds. The second kappa shape index (κ2) is 22.5. The van der Waals surface area contributed by atoms with Gasteiger partial charge in [0.25, 0.3) is 0 Å². The number of hydrogen-bond donors (Lipinski definition) is 0. The fourth-order valence-corrected chi connectivity index (χ4v) is 17.3. The summed E-state index contributed by atoms with van der Waals surface area (Å²) in [6.45, 7) is 10.1. The Kier molecular flexibility index (Phi) is 10.5. The molecular weight excluding hydrogens is 1290 g/mol. The standard InChI is InChI=1S/C94H53N7O2S/c1-95-73-54-72(94-97-92(58-29-13-5-14-30-58)96-93(98-94)59-31-15-6-16-32-59)86(99-74-45-39-60(55-23-7-2-8-24-55)51-69(74)83-77(99)48-42-66-63-33-17-20-36-80(63)102-89(66)83)88(101-76-47-41-62(57-27-11-4-12-28-57)53-71(76)85-79(101)50-44-68-65-35-19-22-38-82(65)104-91(68)85)87(73)100-75-46-40-61(56-25-9-3-10-26-56)52-70(75)84-78(100)49-43-67-64-34-18-21-37-81(64)103-90(67)84/h2-54H/i5D,6D,13D,14D,15D,16D,29D,30D,31D,32D. The van der Waals surface area contributed by atoms with E-state index < -0.39 is 83.2 Å². The summed E-state index contributed by atoms with van der Waals surface area (Å²) >= 11 is 1.69. The summed E-state index contributed by atoms with van der Waals surface area (Å²) in [4.78, 5) is 20.3. The molecule has 10 heteroatoms. The maximum Gasteiger partial charge on any atom is 0.213 e. The zero-order chi connectivity index (χ0) is 77.0. The largest absolute Gasteiger partial charge is 0.455 e. The first kappa shape index (κ1) is 48.7. The SMILES string of the molecule is [2H]c1c([2H])c([2H])c(-c2nc(-c3cc([N+]#[C-])c(-n4c5ccc(-c6ccccc6)cc5c5c6oc7ccccc7c6ccc54)c(-n4c5ccc(-c6ccccc6)cc5c5c6sc7ccccc7c6ccc54)c3-n3c4ccc(-c5ccccc5)cc4c4c5oc6ccccc6c5ccc43)nc(-c3c([2H])c([2H])c([2H])c([2H])c3[2H])n2)c([2H])c1[2H]. The van der Waals surface area contributed by atoms with E-state index in [1.54, 1.807) is 17.4 Å². The molecule has 15 aromatic carbocycles. The van der Waals surface area contributed by atoms with E-state index in [0.29, 0.717) is 61.5 Å². The molecule has 0 atom stereocenters. The maximum absolute atomic E-state index is 10.1. The van der Waals surface area contributed by atoms with E-state index >= 15 is 0 Å². The van der Waals surface area contributed by atoms with Gasteiger partial charge in [-0.2, -0.15) is 0 Å². The Balaban J connectivity index is 1.02. The molecule has 0 radical (unpaired) electrons. The molecule has 0 N–H and O–H groups in total. The van der Waals surface area contributed by atoms with Crippen LogP contribution in [0.5, 0.6) is 0 Å². The topological polar surface area (TPSA) is 84.1 Å². The molecule has 0 aliphatic heterocycles. The first-order valence-corrected chi connectivity index (χ1v) is 34.8. The normalized spacial score (nSPS) is 13.4. The summed E-state index contributed by atoms with van der Waals surface area (Å²) in [5.74, 6) is -1.23. The number of nitrogens with zero attached hydrogens (tertiary/aromatic N) is 7. The molecule has 7 aromatic heterocycles. The van der Waals surface area contributed by atoms with Crippen molar-refractivity contribution in [2.75, 3.05) is 0 Å². The minimum Gasteiger partial charge on any atom is -0.455 e. The average Bonchev–Trinajstić information content (AvgIpc) is 1.37. The molecule has 0 bridgehead atoms. The number of furan rings is 2. The van der Waals surface area contributed by atoms with Gasteiger partial charge in [0.15, 0.2) is 17.5 Å². The summed E-state index contributed by atoms with van der Waals surface area (Å²) in [5, 5.41) is 10.5. The van der Waals surface area contributed by atoms with Crippen LogP contribution in [0.3, 0.4) is 0 Å². The zero-order valence-corrected chi connectivity index (χ0v) is 55.5. The third-order valence-electron chi connectivity index (χ3n) is 20.5. The summed E-state index contributed by atoms with van der Waals surface area (Å²) in [6.07, 6.45) is 0. The van der Waals surface area contributed by atoms with Crippen molar-refractivity contribution in [3.05, 3.63) is 333 Å². The highest BCUT2D eigenvalue weighted by Gasteiger charge is 2.34. The molecule has 0 saturated heterocycles. The summed E-state index contributed by atoms with van der Waals surface area (Å²) in [5.41, 5.74) is 12.7. The van der Waals surface area contributed by atoms with Crippen LogP contribution < -0.4 is 0 Å². The molecule has 482 valence electrons. The molecule has 0 spiro atoms. The van der Waals surface area contributed by atoms with E-state index in [-0.39, 0.29) is 17.1 Å². The van der Waals surface area contributed by atoms with Gasteiger partial charge in [0, 0.05) is 80.0 Å². The van der Waals surface area contributed by atoms with E-state index in [9.17, 15) is 12.1 Å². The molecular formula is C94H53N7O2S. The van der Waals surface area contributed by atoms with Crippen molar-refractivity contribution < 1.29 is 22.5 Å². The zero-order valence-electron chi connectivity index (χ0n) is 64.7. The van der Waals surface area contributed by atoms with Crippen molar-refractivity contribution in [1.29, 1.82) is 0 Å². The molecule has 0 fully saturated rings. The van der Waals surface area contributed by atoms with Crippen molar-refractivity contribution in [1.82, 2.24) is 28.7 Å². The lowest BCUT2D eigenvalue weighted by molar-refractivity contribution is 0.672. The molecule has 7 heterocycles. The monoisotopic (exact) mass is 1350 g/mol. The van der Waals surface area contributed by atoms with Crippen molar-refractivity contribution in [3.8, 4) is 84.6 Å². The lowest BCUT2D eigenvalue weighted by Gasteiger charge is -2.26. The summed E-state index contributed by atoms with van der Waals surface area (Å²) in [6, 6.07) is 81.5. The van der Waals surface area contributed by atoms with Gasteiger partial charge in [0.1, 0.15) is 22.3 Å². The first-order chi connectivity index (χ1) is 55.7. The minimum absolute atomic E-state index is 0.0548. The van der Waals surface area contributed by atoms with Crippen LogP contribution in [0.25, 0.3) is 219 Å². The number of benzene rings is 15. The fourth-order valence-electron chi connectivity index (χ4n) is 16.0. The number of aromatic nitrogens is 6. The molecule has 22 rings (SSSR count). The van der Waals surface area contributed by atoms with Crippen LogP contribution in [0.2, 0.25) is 0 Å². The van der Waals surface area contributed by atoms with Crippen molar-refractivity contribution in [2.45, 2.75) is 0 Å². The highest BCUT2D eigenvalue weighted by molar-refractivity contribution is 7.26. The van der Waals surface area contributed by atoms with Gasteiger partial charge in [-0.25, -0.2) is 19.8 Å². The Morgan fingerprint density at radius 2 is 0.721 bits per heavy atom. The lowest BCUT2D eigenvalue weighted by atomic mass is 10.0. The van der Waals surface area contributed by atoms with E-state index in [0.717, 1.165) is 118 Å². The van der Waals surface area contributed by atoms with Gasteiger partial charge in [-0.05, 0) is 124 Å². The van der Waals surface area contributed by atoms with Gasteiger partial charge >= 0.3 is 0 Å². The highest BCUT2D eigenvalue weighted by Crippen LogP contribution is 2.54. The van der Waals surface area contributed by atoms with Crippen LogP contribution in [0.1, 0.15) is 13.7 Å². The Labute approximate surface area is 611 Å². The van der Waals surface area contributed by atoms with Crippen LogP contribution in [0.4, 0.5) is 5.69 Å². The molecule has 0 aliphatic carbocycles. The van der Waals surface area contributed by atoms with Gasteiger partial charge in [-0.3, -0.25) is 0 Å². The molecule has 0 unspecified atom stereocenters. The number of thiophene rings is 1. The van der Waals surface area contributed by atoms with Crippen LogP contribution in [-0.2, 0) is 0 Å². The van der Waals surface area contributed by atoms with Crippen molar-refractivity contribution >= 4 is 146 Å². The third kappa shape index (κ3) is 8.56. The van der Waals surface area contributed by atoms with Gasteiger partial charge in [0.2, 0.25) is 5.69 Å². The Bertz CT molecular complexity index is 7940. The highest BCUT2D eigenvalue weighted by atomic mass is 32.1. The van der Waals surface area contributed by atoms with Crippen molar-refractivity contribution in [2.24, 2.45) is 0 Å². The predicted octanol–water partition coefficient (Wildman–Crippen LogP) is 25.9. The predicted molar refractivity (Wildman–Crippen MR) is 429 cm³/mol. The minimum atomic E-state index is -0.700. The lowest BCUT2D eigenvalue weighted by Crippen LogP contribution is -2.12. The van der Waals surface area contributed by atoms with Gasteiger partial charge in [0.05, 0.1) is 81.2 Å². The Morgan fingerprint density at radius 1 is 0.317 bits per heavy atom. The van der Waals surface area contributed by atoms with E-state index in [1.807, 2.05) is 97.1 Å². The smallest absolute Gasteiger partial charge is 0.213 e. The molecule has 104 heavy (non-hydrogen) atoms. The second-order valence-corrected chi connectivity index (χ2v) is 27.1. The Hall–Kier alpha value is -14.0. The summed E-state index contributed by atoms with van der Waals surface area (Å²) < 4.78 is 116. The van der Waals surface area contributed by atoms with Crippen LogP contribution in [0, 0.1) is 6.57 Å².